The van der Waals surface area contributed by atoms with E-state index in [9.17, 15) is 9.18 Å². The molecule has 1 aliphatic rings. The van der Waals surface area contributed by atoms with Crippen LogP contribution in [0.5, 0.6) is 5.75 Å². The van der Waals surface area contributed by atoms with Crippen LogP contribution in [0.25, 0.3) is 0 Å². The van der Waals surface area contributed by atoms with Crippen LogP contribution in [-0.2, 0) is 11.2 Å². The molecule has 0 aliphatic carbocycles. The Bertz CT molecular complexity index is 717. The summed E-state index contributed by atoms with van der Waals surface area (Å²) in [6.07, 6.45) is 0.321. The molecule has 1 N–H and O–H groups in total. The summed E-state index contributed by atoms with van der Waals surface area (Å²) in [7, 11) is 1.48. The van der Waals surface area contributed by atoms with Crippen molar-refractivity contribution in [3.05, 3.63) is 58.9 Å². The van der Waals surface area contributed by atoms with Crippen LogP contribution in [0.2, 0.25) is 0 Å². The first-order valence-corrected chi connectivity index (χ1v) is 6.93. The molecule has 3 rings (SSSR count). The highest BCUT2D eigenvalue weighted by Crippen LogP contribution is 2.38. The third-order valence-corrected chi connectivity index (χ3v) is 4.00. The second-order valence-electron chi connectivity index (χ2n) is 4.86. The zero-order valence-corrected chi connectivity index (χ0v) is 12.1. The largest absolute Gasteiger partial charge is 0.496 e. The van der Waals surface area contributed by atoms with Crippen molar-refractivity contribution in [1.82, 2.24) is 0 Å². The Morgan fingerprint density at radius 3 is 2.90 bits per heavy atom. The van der Waals surface area contributed by atoms with Crippen molar-refractivity contribution < 1.29 is 13.9 Å². The highest BCUT2D eigenvalue weighted by molar-refractivity contribution is 6.23. The fourth-order valence-electron chi connectivity index (χ4n) is 2.51. The van der Waals surface area contributed by atoms with E-state index in [1.807, 2.05) is 6.07 Å². The number of ether oxygens (including phenoxy) is 1. The number of hydrogen-bond acceptors (Lipinski definition) is 2. The van der Waals surface area contributed by atoms with Gasteiger partial charge < -0.3 is 10.1 Å². The van der Waals surface area contributed by atoms with Crippen molar-refractivity contribution >= 4 is 23.2 Å². The fourth-order valence-corrected chi connectivity index (χ4v) is 2.86. The van der Waals surface area contributed by atoms with Crippen molar-refractivity contribution in [2.24, 2.45) is 0 Å². The molecule has 0 radical (unpaired) electrons. The van der Waals surface area contributed by atoms with E-state index < -0.39 is 11.2 Å². The maximum Gasteiger partial charge on any atom is 0.228 e. The van der Waals surface area contributed by atoms with Gasteiger partial charge in [-0.2, -0.15) is 0 Å². The normalized spacial score (nSPS) is 14.5. The first-order valence-electron chi connectivity index (χ1n) is 6.49. The Labute approximate surface area is 126 Å². The Hall–Kier alpha value is -2.07. The molecule has 21 heavy (non-hydrogen) atoms. The molecule has 2 aromatic rings. The maximum absolute atomic E-state index is 14.1. The fraction of sp³-hybridized carbons (Fsp3) is 0.188. The zero-order chi connectivity index (χ0) is 15.0. The predicted molar refractivity (Wildman–Crippen MR) is 79.4 cm³/mol. The van der Waals surface area contributed by atoms with Gasteiger partial charge in [0.25, 0.3) is 0 Å². The lowest BCUT2D eigenvalue weighted by Gasteiger charge is -2.16. The van der Waals surface area contributed by atoms with Crippen molar-refractivity contribution in [2.75, 3.05) is 12.4 Å². The van der Waals surface area contributed by atoms with Crippen LogP contribution in [0.1, 0.15) is 22.1 Å². The minimum Gasteiger partial charge on any atom is -0.496 e. The van der Waals surface area contributed by atoms with Gasteiger partial charge in [0.05, 0.1) is 24.5 Å². The number of nitrogens with one attached hydrogen (secondary N) is 1. The Kier molecular flexibility index (Phi) is 3.55. The quantitative estimate of drug-likeness (QED) is 0.879. The summed E-state index contributed by atoms with van der Waals surface area (Å²) in [5, 5.41) is 2.08. The van der Waals surface area contributed by atoms with E-state index in [1.165, 1.54) is 13.2 Å². The average molecular weight is 306 g/mol. The number of benzene rings is 2. The topological polar surface area (TPSA) is 38.3 Å². The summed E-state index contributed by atoms with van der Waals surface area (Å²) in [5.74, 6) is -0.0505. The third kappa shape index (κ3) is 2.47. The number of halogens is 2. The summed E-state index contributed by atoms with van der Waals surface area (Å²) >= 11 is 6.43. The lowest BCUT2D eigenvalue weighted by Crippen LogP contribution is -2.03. The minimum atomic E-state index is -0.679. The first kappa shape index (κ1) is 13.9. The number of rotatable bonds is 3. The Morgan fingerprint density at radius 1 is 1.33 bits per heavy atom. The molecule has 0 bridgehead atoms. The monoisotopic (exact) mass is 305 g/mol. The number of methoxy groups -OCH3 is 1. The van der Waals surface area contributed by atoms with Crippen LogP contribution < -0.4 is 10.1 Å². The maximum atomic E-state index is 14.1. The summed E-state index contributed by atoms with van der Waals surface area (Å²) in [4.78, 5) is 11.4. The van der Waals surface area contributed by atoms with E-state index in [1.54, 1.807) is 24.3 Å². The number of fused-ring (bicyclic) bond motifs is 1. The smallest absolute Gasteiger partial charge is 0.228 e. The summed E-state index contributed by atoms with van der Waals surface area (Å²) in [5.41, 5.74) is 2.70. The lowest BCUT2D eigenvalue weighted by molar-refractivity contribution is -0.115. The van der Waals surface area contributed by atoms with Crippen LogP contribution in [0, 0.1) is 5.82 Å². The van der Waals surface area contributed by atoms with Gasteiger partial charge in [-0.15, -0.1) is 11.6 Å². The predicted octanol–water partition coefficient (Wildman–Crippen LogP) is 3.66. The molecule has 0 spiro atoms. The van der Waals surface area contributed by atoms with E-state index in [0.29, 0.717) is 17.7 Å². The molecule has 1 atom stereocenters. The van der Waals surface area contributed by atoms with Crippen LogP contribution >= 0.6 is 11.6 Å². The molecular formula is C16H13ClFNO2. The molecule has 3 nitrogen and oxygen atoms in total. The highest BCUT2D eigenvalue weighted by Gasteiger charge is 2.23. The highest BCUT2D eigenvalue weighted by atomic mass is 35.5. The van der Waals surface area contributed by atoms with Crippen LogP contribution in [-0.4, -0.2) is 13.0 Å². The summed E-state index contributed by atoms with van der Waals surface area (Å²) < 4.78 is 19.3. The number of hydrogen-bond donors (Lipinski definition) is 1. The van der Waals surface area contributed by atoms with Gasteiger partial charge in [0.1, 0.15) is 11.6 Å². The molecule has 1 unspecified atom stereocenters. The second-order valence-corrected chi connectivity index (χ2v) is 5.30. The van der Waals surface area contributed by atoms with Crippen LogP contribution in [0.15, 0.2) is 36.4 Å². The third-order valence-electron chi connectivity index (χ3n) is 3.53. The van der Waals surface area contributed by atoms with Gasteiger partial charge in [-0.1, -0.05) is 18.2 Å². The molecule has 0 saturated heterocycles. The molecule has 0 aromatic heterocycles. The van der Waals surface area contributed by atoms with E-state index in [4.69, 9.17) is 16.3 Å². The van der Waals surface area contributed by atoms with Crippen molar-refractivity contribution in [3.8, 4) is 5.75 Å². The Balaban J connectivity index is 2.02. The zero-order valence-electron chi connectivity index (χ0n) is 11.3. The van der Waals surface area contributed by atoms with Crippen molar-refractivity contribution in [3.63, 3.8) is 0 Å². The van der Waals surface area contributed by atoms with Gasteiger partial charge in [0, 0.05) is 5.69 Å². The van der Waals surface area contributed by atoms with Crippen LogP contribution in [0.4, 0.5) is 10.1 Å². The molecule has 0 saturated carbocycles. The van der Waals surface area contributed by atoms with E-state index in [-0.39, 0.29) is 5.91 Å². The van der Waals surface area contributed by atoms with Gasteiger partial charge in [-0.3, -0.25) is 4.79 Å². The molecule has 1 aliphatic heterocycles. The molecule has 1 amide bonds. The van der Waals surface area contributed by atoms with E-state index in [0.717, 1.165) is 16.8 Å². The number of amides is 1. The molecule has 0 fully saturated rings. The Morgan fingerprint density at radius 2 is 2.14 bits per heavy atom. The average Bonchev–Trinajstić information content (AvgIpc) is 2.85. The van der Waals surface area contributed by atoms with Gasteiger partial charge in [0.15, 0.2) is 0 Å². The van der Waals surface area contributed by atoms with Crippen molar-refractivity contribution in [1.29, 1.82) is 0 Å². The summed E-state index contributed by atoms with van der Waals surface area (Å²) in [6, 6.07) is 10.0. The molecule has 108 valence electrons. The van der Waals surface area contributed by atoms with Gasteiger partial charge in [-0.25, -0.2) is 4.39 Å². The number of carbonyl (C=O) groups is 1. The second kappa shape index (κ2) is 5.37. The van der Waals surface area contributed by atoms with E-state index in [2.05, 4.69) is 5.32 Å². The number of alkyl halides is 1. The number of carbonyl (C=O) groups excluding carboxylic acids is 1. The van der Waals surface area contributed by atoms with Gasteiger partial charge >= 0.3 is 0 Å². The SMILES string of the molecule is COc1cccc(F)c1C(Cl)c1ccc2c(c1)CC(=O)N2. The summed E-state index contributed by atoms with van der Waals surface area (Å²) in [6.45, 7) is 0. The molecular weight excluding hydrogens is 293 g/mol. The van der Waals surface area contributed by atoms with Gasteiger partial charge in [0.2, 0.25) is 5.91 Å². The van der Waals surface area contributed by atoms with Crippen LogP contribution in [0.3, 0.4) is 0 Å². The minimum absolute atomic E-state index is 0.0447. The molecule has 5 heteroatoms. The van der Waals surface area contributed by atoms with Gasteiger partial charge in [-0.05, 0) is 29.3 Å². The first-order chi connectivity index (χ1) is 10.1. The van der Waals surface area contributed by atoms with E-state index >= 15 is 0 Å². The number of anilines is 1. The molecule has 2 aromatic carbocycles. The molecule has 1 heterocycles. The van der Waals surface area contributed by atoms with Crippen molar-refractivity contribution in [2.45, 2.75) is 11.8 Å². The standard InChI is InChI=1S/C16H13ClFNO2/c1-21-13-4-2-3-11(18)15(13)16(17)9-5-6-12-10(7-9)8-14(20)19-12/h2-7,16H,8H2,1H3,(H,19,20). The lowest BCUT2D eigenvalue weighted by atomic mass is 10.00.